The molecule has 12 heavy (non-hydrogen) atoms. The third-order valence-corrected chi connectivity index (χ3v) is 2.80. The van der Waals surface area contributed by atoms with E-state index in [1.807, 2.05) is 13.8 Å². The fourth-order valence-corrected chi connectivity index (χ4v) is 1.62. The van der Waals surface area contributed by atoms with Crippen molar-refractivity contribution in [2.45, 2.75) is 52.2 Å². The van der Waals surface area contributed by atoms with Crippen LogP contribution in [0.15, 0.2) is 0 Å². The Morgan fingerprint density at radius 1 is 1.50 bits per heavy atom. The van der Waals surface area contributed by atoms with Gasteiger partial charge in [-0.2, -0.15) is 0 Å². The highest BCUT2D eigenvalue weighted by Crippen LogP contribution is 2.39. The van der Waals surface area contributed by atoms with Crippen LogP contribution >= 0.6 is 0 Å². The first-order valence-corrected chi connectivity index (χ1v) is 4.77. The van der Waals surface area contributed by atoms with Crippen LogP contribution in [0.25, 0.3) is 0 Å². The van der Waals surface area contributed by atoms with Crippen LogP contribution in [-0.4, -0.2) is 23.3 Å². The summed E-state index contributed by atoms with van der Waals surface area (Å²) in [5, 5.41) is 12.9. The van der Waals surface area contributed by atoms with E-state index in [4.69, 9.17) is 0 Å². The normalized spacial score (nSPS) is 28.2. The lowest BCUT2D eigenvalue weighted by Crippen LogP contribution is -2.53. The topological polar surface area (TPSA) is 32.3 Å². The Bertz CT molecular complexity index is 158. The first kappa shape index (κ1) is 10.0. The van der Waals surface area contributed by atoms with E-state index in [9.17, 15) is 5.11 Å². The highest BCUT2D eigenvalue weighted by molar-refractivity contribution is 4.94. The van der Waals surface area contributed by atoms with Gasteiger partial charge in [-0.15, -0.1) is 0 Å². The van der Waals surface area contributed by atoms with Crippen molar-refractivity contribution in [3.63, 3.8) is 0 Å². The molecule has 0 aromatic carbocycles. The predicted molar refractivity (Wildman–Crippen MR) is 51.1 cm³/mol. The van der Waals surface area contributed by atoms with Crippen molar-refractivity contribution in [1.82, 2.24) is 5.32 Å². The van der Waals surface area contributed by atoms with E-state index in [1.54, 1.807) is 0 Å². The molecule has 1 rings (SSSR count). The maximum Gasteiger partial charge on any atom is 0.0715 e. The van der Waals surface area contributed by atoms with E-state index in [0.717, 1.165) is 0 Å². The molecule has 0 radical (unpaired) electrons. The largest absolute Gasteiger partial charge is 0.389 e. The zero-order chi connectivity index (χ0) is 9.41. The van der Waals surface area contributed by atoms with E-state index in [2.05, 4.69) is 19.2 Å². The first-order chi connectivity index (χ1) is 5.31. The Kier molecular flexibility index (Phi) is 2.50. The van der Waals surface area contributed by atoms with Gasteiger partial charge in [-0.25, -0.2) is 0 Å². The SMILES string of the molecule is CC(C)(O)CNC1CCC1(C)C. The van der Waals surface area contributed by atoms with Crippen LogP contribution < -0.4 is 5.32 Å². The molecule has 0 saturated heterocycles. The van der Waals surface area contributed by atoms with E-state index in [-0.39, 0.29) is 0 Å². The van der Waals surface area contributed by atoms with Crippen LogP contribution in [0, 0.1) is 5.41 Å². The van der Waals surface area contributed by atoms with Gasteiger partial charge in [-0.05, 0) is 32.1 Å². The van der Waals surface area contributed by atoms with Crippen molar-refractivity contribution in [2.24, 2.45) is 5.41 Å². The van der Waals surface area contributed by atoms with Gasteiger partial charge < -0.3 is 10.4 Å². The molecular formula is C10H21NO. The molecule has 0 amide bonds. The highest BCUT2D eigenvalue weighted by Gasteiger charge is 2.38. The lowest BCUT2D eigenvalue weighted by Gasteiger charge is -2.45. The van der Waals surface area contributed by atoms with Gasteiger partial charge in [-0.1, -0.05) is 13.8 Å². The zero-order valence-corrected chi connectivity index (χ0v) is 8.65. The van der Waals surface area contributed by atoms with Gasteiger partial charge in [0.15, 0.2) is 0 Å². The molecule has 2 N–H and O–H groups in total. The van der Waals surface area contributed by atoms with Crippen molar-refractivity contribution in [1.29, 1.82) is 0 Å². The third-order valence-electron chi connectivity index (χ3n) is 2.80. The van der Waals surface area contributed by atoms with Crippen molar-refractivity contribution >= 4 is 0 Å². The van der Waals surface area contributed by atoms with Gasteiger partial charge >= 0.3 is 0 Å². The quantitative estimate of drug-likeness (QED) is 0.675. The minimum Gasteiger partial charge on any atom is -0.389 e. The van der Waals surface area contributed by atoms with Crippen molar-refractivity contribution in [3.05, 3.63) is 0 Å². The molecule has 1 aliphatic carbocycles. The fraction of sp³-hybridized carbons (Fsp3) is 1.00. The Morgan fingerprint density at radius 3 is 2.33 bits per heavy atom. The average molecular weight is 171 g/mol. The summed E-state index contributed by atoms with van der Waals surface area (Å²) in [6.07, 6.45) is 2.56. The van der Waals surface area contributed by atoms with Crippen LogP contribution in [0.1, 0.15) is 40.5 Å². The lowest BCUT2D eigenvalue weighted by molar-refractivity contribution is 0.0462. The summed E-state index contributed by atoms with van der Waals surface area (Å²) in [7, 11) is 0. The summed E-state index contributed by atoms with van der Waals surface area (Å²) in [4.78, 5) is 0. The van der Waals surface area contributed by atoms with Crippen LogP contribution in [0.4, 0.5) is 0 Å². The molecule has 2 nitrogen and oxygen atoms in total. The average Bonchev–Trinajstić information content (AvgIpc) is 1.83. The number of aliphatic hydroxyl groups is 1. The fourth-order valence-electron chi connectivity index (χ4n) is 1.62. The first-order valence-electron chi connectivity index (χ1n) is 4.77. The maximum absolute atomic E-state index is 9.49. The molecule has 2 heteroatoms. The minimum atomic E-state index is -0.578. The molecular weight excluding hydrogens is 150 g/mol. The van der Waals surface area contributed by atoms with Crippen LogP contribution in [0.2, 0.25) is 0 Å². The zero-order valence-electron chi connectivity index (χ0n) is 8.65. The smallest absolute Gasteiger partial charge is 0.0715 e. The lowest BCUT2D eigenvalue weighted by atomic mass is 9.67. The second-order valence-electron chi connectivity index (χ2n) is 5.27. The predicted octanol–water partition coefficient (Wildman–Crippen LogP) is 1.54. The second-order valence-corrected chi connectivity index (χ2v) is 5.27. The van der Waals surface area contributed by atoms with E-state index in [1.165, 1.54) is 12.8 Å². The monoisotopic (exact) mass is 171 g/mol. The number of hydrogen-bond acceptors (Lipinski definition) is 2. The van der Waals surface area contributed by atoms with Crippen molar-refractivity contribution < 1.29 is 5.11 Å². The molecule has 1 atom stereocenters. The van der Waals surface area contributed by atoms with Crippen LogP contribution in [0.5, 0.6) is 0 Å². The standard InChI is InChI=1S/C10H21NO/c1-9(2)6-5-8(9)11-7-10(3,4)12/h8,11-12H,5-7H2,1-4H3. The summed E-state index contributed by atoms with van der Waals surface area (Å²) in [6.45, 7) is 8.93. The molecule has 0 aliphatic heterocycles. The summed E-state index contributed by atoms with van der Waals surface area (Å²) < 4.78 is 0. The number of rotatable bonds is 3. The molecule has 0 aromatic rings. The van der Waals surface area contributed by atoms with E-state index in [0.29, 0.717) is 18.0 Å². The summed E-state index contributed by atoms with van der Waals surface area (Å²) in [5.74, 6) is 0. The molecule has 0 bridgehead atoms. The van der Waals surface area contributed by atoms with Crippen LogP contribution in [0.3, 0.4) is 0 Å². The molecule has 0 heterocycles. The van der Waals surface area contributed by atoms with E-state index < -0.39 is 5.60 Å². The molecule has 0 spiro atoms. The highest BCUT2D eigenvalue weighted by atomic mass is 16.3. The Labute approximate surface area is 75.4 Å². The van der Waals surface area contributed by atoms with Gasteiger partial charge in [0, 0.05) is 12.6 Å². The molecule has 1 aliphatic rings. The summed E-state index contributed by atoms with van der Waals surface area (Å²) in [6, 6.07) is 0.601. The van der Waals surface area contributed by atoms with E-state index >= 15 is 0 Å². The molecule has 1 unspecified atom stereocenters. The van der Waals surface area contributed by atoms with Gasteiger partial charge in [-0.3, -0.25) is 0 Å². The Morgan fingerprint density at radius 2 is 2.08 bits per heavy atom. The number of hydrogen-bond donors (Lipinski definition) is 2. The second kappa shape index (κ2) is 3.00. The molecule has 72 valence electrons. The molecule has 1 saturated carbocycles. The maximum atomic E-state index is 9.49. The molecule has 1 fully saturated rings. The molecule has 0 aromatic heterocycles. The van der Waals surface area contributed by atoms with Gasteiger partial charge in [0.1, 0.15) is 0 Å². The summed E-state index contributed by atoms with van der Waals surface area (Å²) in [5.41, 5.74) is -0.142. The third kappa shape index (κ3) is 2.46. The Balaban J connectivity index is 2.25. The van der Waals surface area contributed by atoms with Crippen molar-refractivity contribution in [2.75, 3.05) is 6.54 Å². The van der Waals surface area contributed by atoms with Gasteiger partial charge in [0.25, 0.3) is 0 Å². The minimum absolute atomic E-state index is 0.436. The Hall–Kier alpha value is -0.0800. The van der Waals surface area contributed by atoms with Crippen molar-refractivity contribution in [3.8, 4) is 0 Å². The van der Waals surface area contributed by atoms with Gasteiger partial charge in [0.05, 0.1) is 5.60 Å². The van der Waals surface area contributed by atoms with Crippen LogP contribution in [-0.2, 0) is 0 Å². The van der Waals surface area contributed by atoms with Gasteiger partial charge in [0.2, 0.25) is 0 Å². The number of nitrogens with one attached hydrogen (secondary N) is 1. The summed E-state index contributed by atoms with van der Waals surface area (Å²) >= 11 is 0.